The van der Waals surface area contributed by atoms with E-state index >= 15 is 0 Å². The highest BCUT2D eigenvalue weighted by Crippen LogP contribution is 2.26. The molecule has 3 N–H and O–H groups in total. The molecule has 0 radical (unpaired) electrons. The number of anilines is 1. The van der Waals surface area contributed by atoms with Crippen molar-refractivity contribution in [2.24, 2.45) is 5.73 Å². The topological polar surface area (TPSA) is 86.2 Å². The summed E-state index contributed by atoms with van der Waals surface area (Å²) in [4.78, 5) is 0. The number of rotatable bonds is 5. The molecule has 1 atom stereocenters. The summed E-state index contributed by atoms with van der Waals surface area (Å²) < 4.78 is 10.8. The maximum atomic E-state index is 5.62. The van der Waals surface area contributed by atoms with Gasteiger partial charge >= 0.3 is 6.01 Å². The fourth-order valence-electron chi connectivity index (χ4n) is 1.71. The molecule has 0 spiro atoms. The summed E-state index contributed by atoms with van der Waals surface area (Å²) in [5, 5.41) is 10.9. The van der Waals surface area contributed by atoms with E-state index in [4.69, 9.17) is 14.9 Å². The van der Waals surface area contributed by atoms with E-state index in [1.54, 1.807) is 0 Å². The van der Waals surface area contributed by atoms with Crippen LogP contribution in [-0.2, 0) is 4.74 Å². The standard InChI is InChI=1S/C10H18N4O2/c1-3-15-8-4-7(5-8)12-10-14-13-9(16-10)6(2)11/h6-8H,3-5,11H2,1-2H3,(H,12,14). The Morgan fingerprint density at radius 3 is 2.88 bits per heavy atom. The Morgan fingerprint density at radius 1 is 1.56 bits per heavy atom. The van der Waals surface area contributed by atoms with Gasteiger partial charge in [0.1, 0.15) is 0 Å². The van der Waals surface area contributed by atoms with E-state index in [2.05, 4.69) is 15.5 Å². The van der Waals surface area contributed by atoms with Crippen LogP contribution in [0.1, 0.15) is 38.6 Å². The molecule has 90 valence electrons. The van der Waals surface area contributed by atoms with Crippen molar-refractivity contribution < 1.29 is 9.15 Å². The largest absolute Gasteiger partial charge is 0.406 e. The quantitative estimate of drug-likeness (QED) is 0.781. The van der Waals surface area contributed by atoms with Gasteiger partial charge in [-0.3, -0.25) is 0 Å². The van der Waals surface area contributed by atoms with Crippen LogP contribution in [0, 0.1) is 0 Å². The highest BCUT2D eigenvalue weighted by Gasteiger charge is 2.30. The van der Waals surface area contributed by atoms with Gasteiger partial charge in [0.05, 0.1) is 12.1 Å². The molecular weight excluding hydrogens is 208 g/mol. The van der Waals surface area contributed by atoms with Crippen molar-refractivity contribution in [3.63, 3.8) is 0 Å². The predicted octanol–water partition coefficient (Wildman–Crippen LogP) is 1.07. The molecule has 0 aromatic carbocycles. The molecule has 2 rings (SSSR count). The minimum atomic E-state index is -0.222. The molecule has 1 aromatic heterocycles. The average molecular weight is 226 g/mol. The first kappa shape index (κ1) is 11.3. The van der Waals surface area contributed by atoms with Gasteiger partial charge in [-0.2, -0.15) is 0 Å². The summed E-state index contributed by atoms with van der Waals surface area (Å²) in [6.07, 6.45) is 2.35. The fraction of sp³-hybridized carbons (Fsp3) is 0.800. The van der Waals surface area contributed by atoms with Crippen LogP contribution < -0.4 is 11.1 Å². The summed E-state index contributed by atoms with van der Waals surface area (Å²) in [5.74, 6) is 0.461. The monoisotopic (exact) mass is 226 g/mol. The number of nitrogens with zero attached hydrogens (tertiary/aromatic N) is 2. The molecule has 1 heterocycles. The first-order chi connectivity index (χ1) is 7.69. The Bertz CT molecular complexity index is 333. The van der Waals surface area contributed by atoms with Crippen LogP contribution in [0.25, 0.3) is 0 Å². The highest BCUT2D eigenvalue weighted by atomic mass is 16.5. The molecule has 0 saturated heterocycles. The third-order valence-electron chi connectivity index (χ3n) is 2.65. The highest BCUT2D eigenvalue weighted by molar-refractivity contribution is 5.22. The second-order valence-electron chi connectivity index (χ2n) is 4.12. The second-order valence-corrected chi connectivity index (χ2v) is 4.12. The molecule has 0 aliphatic heterocycles. The molecule has 1 unspecified atom stereocenters. The Hall–Kier alpha value is -1.14. The smallest absolute Gasteiger partial charge is 0.315 e. The van der Waals surface area contributed by atoms with Crippen LogP contribution in [-0.4, -0.2) is 29.0 Å². The molecule has 0 amide bonds. The third kappa shape index (κ3) is 2.51. The van der Waals surface area contributed by atoms with E-state index in [0.29, 0.717) is 24.1 Å². The molecule has 1 saturated carbocycles. The van der Waals surface area contributed by atoms with Crippen molar-refractivity contribution >= 4 is 6.01 Å². The van der Waals surface area contributed by atoms with Gasteiger partial charge in [-0.05, 0) is 26.7 Å². The summed E-state index contributed by atoms with van der Waals surface area (Å²) in [7, 11) is 0. The van der Waals surface area contributed by atoms with E-state index in [1.165, 1.54) is 0 Å². The van der Waals surface area contributed by atoms with Crippen LogP contribution in [0.3, 0.4) is 0 Å². The zero-order valence-electron chi connectivity index (χ0n) is 9.64. The Morgan fingerprint density at radius 2 is 2.31 bits per heavy atom. The molecule has 6 heteroatoms. The van der Waals surface area contributed by atoms with Gasteiger partial charge < -0.3 is 20.2 Å². The van der Waals surface area contributed by atoms with Crippen LogP contribution in [0.2, 0.25) is 0 Å². The molecule has 1 aromatic rings. The molecular formula is C10H18N4O2. The zero-order chi connectivity index (χ0) is 11.5. The maximum absolute atomic E-state index is 5.62. The number of hydrogen-bond acceptors (Lipinski definition) is 6. The zero-order valence-corrected chi connectivity index (χ0v) is 9.64. The van der Waals surface area contributed by atoms with E-state index in [9.17, 15) is 0 Å². The van der Waals surface area contributed by atoms with Gasteiger partial charge in [-0.15, -0.1) is 5.10 Å². The average Bonchev–Trinajstić information content (AvgIpc) is 2.63. The Balaban J connectivity index is 1.78. The van der Waals surface area contributed by atoms with Crippen molar-refractivity contribution in [1.29, 1.82) is 0 Å². The SMILES string of the molecule is CCOC1CC(Nc2nnc(C(C)N)o2)C1. The van der Waals surface area contributed by atoms with Crippen LogP contribution in [0.4, 0.5) is 6.01 Å². The summed E-state index contributed by atoms with van der Waals surface area (Å²) in [5.41, 5.74) is 5.62. The van der Waals surface area contributed by atoms with Crippen molar-refractivity contribution in [1.82, 2.24) is 10.2 Å². The van der Waals surface area contributed by atoms with Crippen molar-refractivity contribution in [3.05, 3.63) is 5.89 Å². The van der Waals surface area contributed by atoms with Crippen molar-refractivity contribution in [2.45, 2.75) is 44.9 Å². The number of hydrogen-bond donors (Lipinski definition) is 2. The van der Waals surface area contributed by atoms with Crippen molar-refractivity contribution in [3.8, 4) is 0 Å². The summed E-state index contributed by atoms with van der Waals surface area (Å²) >= 11 is 0. The minimum Gasteiger partial charge on any atom is -0.406 e. The van der Waals surface area contributed by atoms with Gasteiger partial charge in [0.15, 0.2) is 0 Å². The Kier molecular flexibility index (Phi) is 3.40. The predicted molar refractivity (Wildman–Crippen MR) is 59.0 cm³/mol. The van der Waals surface area contributed by atoms with Gasteiger partial charge in [-0.25, -0.2) is 0 Å². The molecule has 16 heavy (non-hydrogen) atoms. The molecule has 1 aliphatic rings. The fourth-order valence-corrected chi connectivity index (χ4v) is 1.71. The maximum Gasteiger partial charge on any atom is 0.315 e. The number of nitrogens with two attached hydrogens (primary N) is 1. The van der Waals surface area contributed by atoms with Crippen LogP contribution in [0.5, 0.6) is 0 Å². The molecule has 1 aliphatic carbocycles. The summed E-state index contributed by atoms with van der Waals surface area (Å²) in [6, 6.07) is 0.603. The van der Waals surface area contributed by atoms with Gasteiger partial charge in [0, 0.05) is 12.6 Å². The first-order valence-electron chi connectivity index (χ1n) is 5.66. The molecule has 6 nitrogen and oxygen atoms in total. The molecule has 0 bridgehead atoms. The second kappa shape index (κ2) is 4.80. The normalized spacial score (nSPS) is 26.2. The third-order valence-corrected chi connectivity index (χ3v) is 2.65. The number of aromatic nitrogens is 2. The van der Waals surface area contributed by atoms with Crippen LogP contribution in [0.15, 0.2) is 4.42 Å². The minimum absolute atomic E-state index is 0.222. The number of nitrogens with one attached hydrogen (secondary N) is 1. The lowest BCUT2D eigenvalue weighted by Crippen LogP contribution is -2.40. The lowest BCUT2D eigenvalue weighted by atomic mass is 9.89. The Labute approximate surface area is 94.6 Å². The molecule has 1 fully saturated rings. The van der Waals surface area contributed by atoms with Gasteiger partial charge in [0.25, 0.3) is 0 Å². The first-order valence-corrected chi connectivity index (χ1v) is 5.66. The van der Waals surface area contributed by atoms with Crippen LogP contribution >= 0.6 is 0 Å². The van der Waals surface area contributed by atoms with E-state index in [0.717, 1.165) is 19.4 Å². The van der Waals surface area contributed by atoms with E-state index in [-0.39, 0.29) is 6.04 Å². The van der Waals surface area contributed by atoms with E-state index in [1.807, 2.05) is 13.8 Å². The lowest BCUT2D eigenvalue weighted by molar-refractivity contribution is 0.00255. The van der Waals surface area contributed by atoms with E-state index < -0.39 is 0 Å². The van der Waals surface area contributed by atoms with Gasteiger partial charge in [0.2, 0.25) is 5.89 Å². The van der Waals surface area contributed by atoms with Crippen molar-refractivity contribution in [2.75, 3.05) is 11.9 Å². The van der Waals surface area contributed by atoms with Gasteiger partial charge in [-0.1, -0.05) is 5.10 Å². The lowest BCUT2D eigenvalue weighted by Gasteiger charge is -2.34. The number of ether oxygens (including phenoxy) is 1. The summed E-state index contributed by atoms with van der Waals surface area (Å²) in [6.45, 7) is 4.59.